The van der Waals surface area contributed by atoms with E-state index in [1.165, 1.54) is 12.8 Å². The van der Waals surface area contributed by atoms with E-state index in [-0.39, 0.29) is 17.7 Å². The molecular weight excluding hydrogens is 328 g/mol. The van der Waals surface area contributed by atoms with Crippen LogP contribution in [-0.4, -0.2) is 86.0 Å². The van der Waals surface area contributed by atoms with Crippen LogP contribution in [0.2, 0.25) is 0 Å². The van der Waals surface area contributed by atoms with Crippen LogP contribution in [0.3, 0.4) is 0 Å². The molecule has 0 aromatic rings. The SMILES string of the molecule is CCNC(=NCC(C)(C)N1CC(C)OC(C)C1)N1CCC2(CCOC2)C1. The van der Waals surface area contributed by atoms with Gasteiger partial charge in [0, 0.05) is 50.3 Å². The third-order valence-corrected chi connectivity index (χ3v) is 6.15. The van der Waals surface area contributed by atoms with Crippen molar-refractivity contribution in [1.29, 1.82) is 0 Å². The van der Waals surface area contributed by atoms with Crippen LogP contribution < -0.4 is 5.32 Å². The Labute approximate surface area is 159 Å². The molecule has 3 fully saturated rings. The molecular formula is C20H38N4O2. The fourth-order valence-electron chi connectivity index (χ4n) is 4.55. The number of morpholine rings is 1. The molecule has 3 aliphatic heterocycles. The Morgan fingerprint density at radius 3 is 2.58 bits per heavy atom. The van der Waals surface area contributed by atoms with Crippen LogP contribution in [-0.2, 0) is 9.47 Å². The summed E-state index contributed by atoms with van der Waals surface area (Å²) in [5, 5.41) is 3.52. The first kappa shape index (κ1) is 19.9. The molecule has 3 rings (SSSR count). The van der Waals surface area contributed by atoms with Crippen LogP contribution >= 0.6 is 0 Å². The topological polar surface area (TPSA) is 49.3 Å². The van der Waals surface area contributed by atoms with Gasteiger partial charge in [0.25, 0.3) is 0 Å². The van der Waals surface area contributed by atoms with Gasteiger partial charge in [-0.2, -0.15) is 0 Å². The van der Waals surface area contributed by atoms with Gasteiger partial charge in [-0.1, -0.05) is 0 Å². The Bertz CT molecular complexity index is 492. The number of hydrogen-bond donors (Lipinski definition) is 1. The molecule has 1 N–H and O–H groups in total. The predicted octanol–water partition coefficient (Wildman–Crippen LogP) is 1.95. The van der Waals surface area contributed by atoms with E-state index in [0.29, 0.717) is 5.41 Å². The maximum absolute atomic E-state index is 5.90. The van der Waals surface area contributed by atoms with Gasteiger partial charge < -0.3 is 19.7 Å². The third-order valence-electron chi connectivity index (χ3n) is 6.15. The maximum Gasteiger partial charge on any atom is 0.194 e. The average Bonchev–Trinajstić information content (AvgIpc) is 3.21. The minimum absolute atomic E-state index is 0.0286. The first-order valence-electron chi connectivity index (χ1n) is 10.4. The summed E-state index contributed by atoms with van der Waals surface area (Å²) in [4.78, 5) is 10.0. The van der Waals surface area contributed by atoms with Crippen LogP contribution in [0.25, 0.3) is 0 Å². The number of guanidine groups is 1. The second-order valence-electron chi connectivity index (χ2n) is 9.12. The molecule has 0 aromatic heterocycles. The molecule has 3 aliphatic rings. The van der Waals surface area contributed by atoms with Crippen molar-refractivity contribution in [2.75, 3.05) is 52.5 Å². The summed E-state index contributed by atoms with van der Waals surface area (Å²) >= 11 is 0. The summed E-state index contributed by atoms with van der Waals surface area (Å²) in [5.41, 5.74) is 0.391. The van der Waals surface area contributed by atoms with E-state index in [9.17, 15) is 0 Å². The molecule has 3 atom stereocenters. The number of nitrogens with one attached hydrogen (secondary N) is 1. The predicted molar refractivity (Wildman–Crippen MR) is 106 cm³/mol. The number of rotatable bonds is 4. The highest BCUT2D eigenvalue weighted by Crippen LogP contribution is 2.38. The van der Waals surface area contributed by atoms with Crippen LogP contribution in [0.4, 0.5) is 0 Å². The highest BCUT2D eigenvalue weighted by molar-refractivity contribution is 5.80. The molecule has 0 amide bonds. The lowest BCUT2D eigenvalue weighted by molar-refractivity contribution is -0.0939. The van der Waals surface area contributed by atoms with Crippen molar-refractivity contribution in [3.63, 3.8) is 0 Å². The zero-order chi connectivity index (χ0) is 18.8. The maximum atomic E-state index is 5.90. The van der Waals surface area contributed by atoms with Gasteiger partial charge in [0.2, 0.25) is 0 Å². The zero-order valence-corrected chi connectivity index (χ0v) is 17.4. The summed E-state index contributed by atoms with van der Waals surface area (Å²) in [6.07, 6.45) is 2.99. The van der Waals surface area contributed by atoms with Crippen LogP contribution in [0.5, 0.6) is 0 Å². The second-order valence-corrected chi connectivity index (χ2v) is 9.12. The second kappa shape index (κ2) is 8.03. The van der Waals surface area contributed by atoms with Crippen LogP contribution in [0.1, 0.15) is 47.5 Å². The van der Waals surface area contributed by atoms with Crippen LogP contribution in [0.15, 0.2) is 4.99 Å². The van der Waals surface area contributed by atoms with E-state index in [4.69, 9.17) is 14.5 Å². The molecule has 3 unspecified atom stereocenters. The molecule has 0 aliphatic carbocycles. The Balaban J connectivity index is 1.65. The molecule has 0 radical (unpaired) electrons. The first-order valence-corrected chi connectivity index (χ1v) is 10.4. The molecule has 6 nitrogen and oxygen atoms in total. The minimum atomic E-state index is 0.0286. The molecule has 150 valence electrons. The van der Waals surface area contributed by atoms with E-state index >= 15 is 0 Å². The Morgan fingerprint density at radius 1 is 1.23 bits per heavy atom. The molecule has 0 bridgehead atoms. The summed E-state index contributed by atoms with van der Waals surface area (Å²) in [6, 6.07) is 0. The van der Waals surface area contributed by atoms with Crippen molar-refractivity contribution in [2.45, 2.75) is 65.2 Å². The van der Waals surface area contributed by atoms with Crippen molar-refractivity contribution >= 4 is 5.96 Å². The molecule has 1 spiro atoms. The van der Waals surface area contributed by atoms with Gasteiger partial charge in [0.15, 0.2) is 5.96 Å². The highest BCUT2D eigenvalue weighted by atomic mass is 16.5. The zero-order valence-electron chi connectivity index (χ0n) is 17.4. The number of nitrogens with zero attached hydrogens (tertiary/aromatic N) is 3. The van der Waals surface area contributed by atoms with E-state index in [0.717, 1.165) is 58.4 Å². The third kappa shape index (κ3) is 4.52. The quantitative estimate of drug-likeness (QED) is 0.609. The van der Waals surface area contributed by atoms with Crippen molar-refractivity contribution in [1.82, 2.24) is 15.1 Å². The van der Waals surface area contributed by atoms with Crippen molar-refractivity contribution in [3.8, 4) is 0 Å². The average molecular weight is 367 g/mol. The number of aliphatic imine (C=N–C) groups is 1. The van der Waals surface area contributed by atoms with Crippen molar-refractivity contribution in [2.24, 2.45) is 10.4 Å². The monoisotopic (exact) mass is 366 g/mol. The largest absolute Gasteiger partial charge is 0.381 e. The molecule has 3 saturated heterocycles. The van der Waals surface area contributed by atoms with Gasteiger partial charge in [-0.15, -0.1) is 0 Å². The standard InChI is InChI=1S/C20H38N4O2/c1-6-21-18(23-9-7-20(14-23)8-10-25-15-20)22-13-19(4,5)24-11-16(2)26-17(3)12-24/h16-17H,6-15H2,1-5H3,(H,21,22). The number of hydrogen-bond acceptors (Lipinski definition) is 4. The summed E-state index contributed by atoms with van der Waals surface area (Å²) in [5.74, 6) is 1.07. The molecule has 3 heterocycles. The lowest BCUT2D eigenvalue weighted by atomic mass is 9.87. The molecule has 26 heavy (non-hydrogen) atoms. The summed E-state index contributed by atoms with van der Waals surface area (Å²) < 4.78 is 11.6. The van der Waals surface area contributed by atoms with E-state index in [1.807, 2.05) is 0 Å². The Hall–Kier alpha value is -0.850. The lowest BCUT2D eigenvalue weighted by Crippen LogP contribution is -2.56. The lowest BCUT2D eigenvalue weighted by Gasteiger charge is -2.44. The number of likely N-dealkylation sites (tertiary alicyclic amines) is 1. The minimum Gasteiger partial charge on any atom is -0.381 e. The summed E-state index contributed by atoms with van der Waals surface area (Å²) in [6.45, 7) is 18.8. The molecule has 0 saturated carbocycles. The van der Waals surface area contributed by atoms with Crippen molar-refractivity contribution in [3.05, 3.63) is 0 Å². The highest BCUT2D eigenvalue weighted by Gasteiger charge is 2.42. The van der Waals surface area contributed by atoms with E-state index in [2.05, 4.69) is 49.7 Å². The Morgan fingerprint density at radius 2 is 1.96 bits per heavy atom. The van der Waals surface area contributed by atoms with Gasteiger partial charge in [0.05, 0.1) is 25.4 Å². The van der Waals surface area contributed by atoms with E-state index < -0.39 is 0 Å². The fourth-order valence-corrected chi connectivity index (χ4v) is 4.55. The molecule has 6 heteroatoms. The summed E-state index contributed by atoms with van der Waals surface area (Å²) in [7, 11) is 0. The van der Waals surface area contributed by atoms with Gasteiger partial charge in [-0.3, -0.25) is 9.89 Å². The number of ether oxygens (including phenoxy) is 2. The van der Waals surface area contributed by atoms with Gasteiger partial charge in [-0.05, 0) is 47.5 Å². The Kier molecular flexibility index (Phi) is 6.14. The van der Waals surface area contributed by atoms with E-state index in [1.54, 1.807) is 0 Å². The normalized spacial score (nSPS) is 34.0. The fraction of sp³-hybridized carbons (Fsp3) is 0.950. The van der Waals surface area contributed by atoms with Gasteiger partial charge >= 0.3 is 0 Å². The van der Waals surface area contributed by atoms with Gasteiger partial charge in [-0.25, -0.2) is 0 Å². The van der Waals surface area contributed by atoms with Gasteiger partial charge in [0.1, 0.15) is 0 Å². The van der Waals surface area contributed by atoms with Crippen molar-refractivity contribution < 1.29 is 9.47 Å². The smallest absolute Gasteiger partial charge is 0.194 e. The first-order chi connectivity index (χ1) is 12.3. The van der Waals surface area contributed by atoms with Crippen LogP contribution in [0, 0.1) is 5.41 Å². The molecule has 0 aromatic carbocycles.